The van der Waals surface area contributed by atoms with E-state index in [1.807, 2.05) is 6.92 Å². The maximum atomic E-state index is 11.1. The van der Waals surface area contributed by atoms with Gasteiger partial charge in [0, 0.05) is 0 Å². The van der Waals surface area contributed by atoms with Crippen molar-refractivity contribution < 1.29 is 13.8 Å². The van der Waals surface area contributed by atoms with Crippen LogP contribution in [0, 0.1) is 0 Å². The first-order valence-electron chi connectivity index (χ1n) is 3.35. The molecule has 11 heavy (non-hydrogen) atoms. The molecule has 0 saturated carbocycles. The maximum absolute atomic E-state index is 11.1. The lowest BCUT2D eigenvalue weighted by molar-refractivity contribution is 0.269. The lowest BCUT2D eigenvalue weighted by Crippen LogP contribution is -1.81. The minimum atomic E-state index is -3.06. The number of halogens is 1. The number of hydrogen-bond acceptors (Lipinski definition) is 3. The third-order valence-electron chi connectivity index (χ3n) is 0.807. The van der Waals surface area contributed by atoms with E-state index in [0.29, 0.717) is 13.2 Å². The van der Waals surface area contributed by atoms with E-state index in [0.717, 1.165) is 0 Å². The highest BCUT2D eigenvalue weighted by Crippen LogP contribution is 2.53. The molecule has 0 saturated heterocycles. The highest BCUT2D eigenvalue weighted by Gasteiger charge is 2.12. The monoisotopic (exact) mass is 198 g/mol. The summed E-state index contributed by atoms with van der Waals surface area (Å²) in [5.41, 5.74) is 0. The van der Waals surface area contributed by atoms with Gasteiger partial charge in [-0.1, -0.05) is 0 Å². The Kier molecular flexibility index (Phi) is 5.65. The summed E-state index contributed by atoms with van der Waals surface area (Å²) < 4.78 is 20.6. The molecule has 1 atom stereocenters. The van der Waals surface area contributed by atoms with E-state index in [4.69, 9.17) is 20.5 Å². The second kappa shape index (κ2) is 5.64. The van der Waals surface area contributed by atoms with Crippen molar-refractivity contribution in [2.75, 3.05) is 13.2 Å². The molecule has 0 aliphatic carbocycles. The average Bonchev–Trinajstić information content (AvgIpc) is 1.87. The van der Waals surface area contributed by atoms with Crippen molar-refractivity contribution >= 4 is 18.0 Å². The van der Waals surface area contributed by atoms with Crippen LogP contribution < -0.4 is 0 Å². The second-order valence-corrected chi connectivity index (χ2v) is 4.69. The zero-order valence-electron chi connectivity index (χ0n) is 6.62. The summed E-state index contributed by atoms with van der Waals surface area (Å²) in [5, 5.41) is 0. The van der Waals surface area contributed by atoms with Gasteiger partial charge in [0.15, 0.2) is 0 Å². The van der Waals surface area contributed by atoms with Crippen molar-refractivity contribution in [1.82, 2.24) is 0 Å². The summed E-state index contributed by atoms with van der Waals surface area (Å²) in [6, 6.07) is 0. The standard InChI is InChI=1S/C6H12ClO3P/c1-3-9-5-6-11(7,8)10-4-2/h5-6H,3-4H2,1-2H3/b6-5+. The van der Waals surface area contributed by atoms with Gasteiger partial charge in [-0.15, -0.1) is 0 Å². The molecule has 5 heteroatoms. The van der Waals surface area contributed by atoms with E-state index in [-0.39, 0.29) is 0 Å². The van der Waals surface area contributed by atoms with Gasteiger partial charge in [-0.3, -0.25) is 4.57 Å². The van der Waals surface area contributed by atoms with Gasteiger partial charge < -0.3 is 9.26 Å². The molecule has 0 aliphatic rings. The molecule has 66 valence electrons. The van der Waals surface area contributed by atoms with Gasteiger partial charge in [0.1, 0.15) is 0 Å². The topological polar surface area (TPSA) is 35.5 Å². The predicted octanol–water partition coefficient (Wildman–Crippen LogP) is 2.96. The normalized spacial score (nSPS) is 16.6. The SMILES string of the molecule is CCO/C=C/P(=O)(Cl)OCC. The Labute approximate surface area is 71.6 Å². The first-order valence-corrected chi connectivity index (χ1v) is 5.95. The molecule has 0 rings (SSSR count). The molecule has 0 fully saturated rings. The molecule has 0 aliphatic heterocycles. The van der Waals surface area contributed by atoms with E-state index in [1.165, 1.54) is 12.1 Å². The lowest BCUT2D eigenvalue weighted by atomic mass is 10.9. The van der Waals surface area contributed by atoms with E-state index in [1.54, 1.807) is 6.92 Å². The average molecular weight is 199 g/mol. The number of rotatable bonds is 5. The molecular weight excluding hydrogens is 186 g/mol. The predicted molar refractivity (Wildman–Crippen MR) is 45.9 cm³/mol. The minimum absolute atomic E-state index is 0.331. The molecule has 0 heterocycles. The fourth-order valence-electron chi connectivity index (χ4n) is 0.431. The van der Waals surface area contributed by atoms with E-state index < -0.39 is 6.72 Å². The van der Waals surface area contributed by atoms with Crippen LogP contribution in [0.1, 0.15) is 13.8 Å². The fraction of sp³-hybridized carbons (Fsp3) is 0.667. The van der Waals surface area contributed by atoms with Crippen LogP contribution in [0.5, 0.6) is 0 Å². The van der Waals surface area contributed by atoms with Crippen molar-refractivity contribution in [3.63, 3.8) is 0 Å². The van der Waals surface area contributed by atoms with Gasteiger partial charge in [0.05, 0.1) is 25.3 Å². The van der Waals surface area contributed by atoms with Gasteiger partial charge in [-0.25, -0.2) is 0 Å². The smallest absolute Gasteiger partial charge is 0.315 e. The van der Waals surface area contributed by atoms with Crippen molar-refractivity contribution in [1.29, 1.82) is 0 Å². The first kappa shape index (κ1) is 11.0. The van der Waals surface area contributed by atoms with Crippen LogP contribution in [-0.4, -0.2) is 13.2 Å². The van der Waals surface area contributed by atoms with Crippen LogP contribution in [0.4, 0.5) is 0 Å². The van der Waals surface area contributed by atoms with E-state index in [2.05, 4.69) is 0 Å². The Morgan fingerprint density at radius 1 is 1.45 bits per heavy atom. The van der Waals surface area contributed by atoms with Crippen LogP contribution in [-0.2, 0) is 13.8 Å². The molecule has 0 amide bonds. The molecule has 3 nitrogen and oxygen atoms in total. The quantitative estimate of drug-likeness (QED) is 0.503. The molecular formula is C6H12ClO3P. The Balaban J connectivity index is 3.80. The highest BCUT2D eigenvalue weighted by molar-refractivity contribution is 7.87. The molecule has 0 spiro atoms. The van der Waals surface area contributed by atoms with Crippen LogP contribution in [0.15, 0.2) is 12.1 Å². The zero-order chi connectivity index (χ0) is 8.74. The minimum Gasteiger partial charge on any atom is -0.501 e. The zero-order valence-corrected chi connectivity index (χ0v) is 8.27. The summed E-state index contributed by atoms with van der Waals surface area (Å²) in [7, 11) is 0. The third-order valence-corrected chi connectivity index (χ3v) is 2.53. The maximum Gasteiger partial charge on any atom is 0.315 e. The van der Waals surface area contributed by atoms with Gasteiger partial charge in [0.2, 0.25) is 0 Å². The van der Waals surface area contributed by atoms with Gasteiger partial charge >= 0.3 is 6.72 Å². The molecule has 1 unspecified atom stereocenters. The third kappa shape index (κ3) is 6.42. The lowest BCUT2D eigenvalue weighted by Gasteiger charge is -2.03. The Morgan fingerprint density at radius 3 is 2.55 bits per heavy atom. The summed E-state index contributed by atoms with van der Waals surface area (Å²) >= 11 is 5.44. The van der Waals surface area contributed by atoms with Crippen LogP contribution >= 0.6 is 18.0 Å². The van der Waals surface area contributed by atoms with Crippen LogP contribution in [0.2, 0.25) is 0 Å². The molecule has 0 aromatic heterocycles. The molecule has 0 aromatic rings. The summed E-state index contributed by atoms with van der Waals surface area (Å²) in [4.78, 5) is 0. The molecule has 0 bridgehead atoms. The highest BCUT2D eigenvalue weighted by atomic mass is 35.7. The Hall–Kier alpha value is 0.0200. The number of hydrogen-bond donors (Lipinski definition) is 0. The molecule has 0 N–H and O–H groups in total. The number of ether oxygens (including phenoxy) is 1. The van der Waals surface area contributed by atoms with Crippen molar-refractivity contribution in [2.24, 2.45) is 0 Å². The first-order chi connectivity index (χ1) is 5.12. The van der Waals surface area contributed by atoms with Crippen molar-refractivity contribution in [2.45, 2.75) is 13.8 Å². The van der Waals surface area contributed by atoms with Crippen LogP contribution in [0.3, 0.4) is 0 Å². The van der Waals surface area contributed by atoms with Gasteiger partial charge in [-0.05, 0) is 25.1 Å². The molecule has 0 radical (unpaired) electrons. The van der Waals surface area contributed by atoms with Gasteiger partial charge in [-0.2, -0.15) is 0 Å². The summed E-state index contributed by atoms with van der Waals surface area (Å²) in [6.07, 6.45) is 1.30. The Morgan fingerprint density at radius 2 is 2.09 bits per heavy atom. The van der Waals surface area contributed by atoms with E-state index in [9.17, 15) is 4.57 Å². The Bertz CT molecular complexity index is 169. The van der Waals surface area contributed by atoms with Crippen LogP contribution in [0.25, 0.3) is 0 Å². The van der Waals surface area contributed by atoms with Gasteiger partial charge in [0.25, 0.3) is 0 Å². The molecule has 0 aromatic carbocycles. The van der Waals surface area contributed by atoms with Crippen molar-refractivity contribution in [3.8, 4) is 0 Å². The van der Waals surface area contributed by atoms with Crippen molar-refractivity contribution in [3.05, 3.63) is 12.1 Å². The second-order valence-electron chi connectivity index (χ2n) is 1.68. The van der Waals surface area contributed by atoms with E-state index >= 15 is 0 Å². The largest absolute Gasteiger partial charge is 0.501 e. The fourth-order valence-corrected chi connectivity index (χ4v) is 1.53. The summed E-state index contributed by atoms with van der Waals surface area (Å²) in [6.45, 7) is 1.35. The summed E-state index contributed by atoms with van der Waals surface area (Å²) in [5.74, 6) is 1.24.